The van der Waals surface area contributed by atoms with Gasteiger partial charge in [0.25, 0.3) is 0 Å². The van der Waals surface area contributed by atoms with Crippen LogP contribution in [-0.2, 0) is 0 Å². The van der Waals surface area contributed by atoms with Crippen molar-refractivity contribution >= 4 is 0 Å². The molecule has 1 atom stereocenters. The van der Waals surface area contributed by atoms with Crippen LogP contribution in [0, 0.1) is 0 Å². The third-order valence-corrected chi connectivity index (χ3v) is 2.73. The monoisotopic (exact) mass is 156 g/mol. The molecule has 0 unspecified atom stereocenters. The van der Waals surface area contributed by atoms with Gasteiger partial charge in [0.05, 0.1) is 0 Å². The zero-order chi connectivity index (χ0) is 8.27. The molecule has 0 aliphatic carbocycles. The molecule has 0 aromatic carbocycles. The van der Waals surface area contributed by atoms with Crippen molar-refractivity contribution in [1.82, 2.24) is 9.80 Å². The minimum absolute atomic E-state index is 0.819. The van der Waals surface area contributed by atoms with Crippen LogP contribution in [0.15, 0.2) is 0 Å². The summed E-state index contributed by atoms with van der Waals surface area (Å²) >= 11 is 0. The van der Waals surface area contributed by atoms with Gasteiger partial charge in [0, 0.05) is 12.6 Å². The summed E-state index contributed by atoms with van der Waals surface area (Å²) in [6.45, 7) is 5.93. The van der Waals surface area contributed by atoms with Crippen molar-refractivity contribution in [2.24, 2.45) is 0 Å². The van der Waals surface area contributed by atoms with E-state index in [2.05, 4.69) is 30.8 Å². The number of likely N-dealkylation sites (N-methyl/N-ethyl adjacent to an activating group) is 2. The molecule has 1 saturated heterocycles. The van der Waals surface area contributed by atoms with Gasteiger partial charge in [0.2, 0.25) is 0 Å². The summed E-state index contributed by atoms with van der Waals surface area (Å²) in [4.78, 5) is 4.87. The van der Waals surface area contributed by atoms with Crippen LogP contribution < -0.4 is 0 Å². The van der Waals surface area contributed by atoms with Gasteiger partial charge in [0.1, 0.15) is 0 Å². The van der Waals surface area contributed by atoms with Crippen LogP contribution in [-0.4, -0.2) is 49.6 Å². The fraction of sp³-hybridized carbons (Fsp3) is 1.00. The Morgan fingerprint density at radius 2 is 2.27 bits per heavy atom. The third-order valence-electron chi connectivity index (χ3n) is 2.73. The van der Waals surface area contributed by atoms with Crippen molar-refractivity contribution in [2.75, 3.05) is 33.7 Å². The second kappa shape index (κ2) is 4.07. The van der Waals surface area contributed by atoms with Crippen LogP contribution in [0.1, 0.15) is 19.8 Å². The van der Waals surface area contributed by atoms with Crippen LogP contribution in [0.3, 0.4) is 0 Å². The highest BCUT2D eigenvalue weighted by Gasteiger charge is 2.21. The van der Waals surface area contributed by atoms with Crippen LogP contribution in [0.4, 0.5) is 0 Å². The normalized spacial score (nSPS) is 26.7. The maximum absolute atomic E-state index is 2.48. The van der Waals surface area contributed by atoms with E-state index in [9.17, 15) is 0 Å². The minimum Gasteiger partial charge on any atom is -0.305 e. The lowest BCUT2D eigenvalue weighted by molar-refractivity contribution is 0.226. The van der Waals surface area contributed by atoms with Crippen LogP contribution in [0.2, 0.25) is 0 Å². The zero-order valence-corrected chi connectivity index (χ0v) is 8.01. The highest BCUT2D eigenvalue weighted by Crippen LogP contribution is 2.14. The average Bonchev–Trinajstić information content (AvgIpc) is 2.37. The van der Waals surface area contributed by atoms with Crippen molar-refractivity contribution in [3.63, 3.8) is 0 Å². The lowest BCUT2D eigenvalue weighted by Crippen LogP contribution is -2.36. The fourth-order valence-electron chi connectivity index (χ4n) is 1.70. The lowest BCUT2D eigenvalue weighted by Gasteiger charge is -2.24. The fourth-order valence-corrected chi connectivity index (χ4v) is 1.70. The molecule has 2 nitrogen and oxygen atoms in total. The average molecular weight is 156 g/mol. The molecular formula is C9H20N2. The molecule has 2 heteroatoms. The maximum Gasteiger partial charge on any atom is 0.0220 e. The Hall–Kier alpha value is -0.0800. The van der Waals surface area contributed by atoms with Gasteiger partial charge < -0.3 is 9.80 Å². The van der Waals surface area contributed by atoms with E-state index < -0.39 is 0 Å². The first kappa shape index (κ1) is 9.01. The summed E-state index contributed by atoms with van der Waals surface area (Å²) in [5, 5.41) is 0. The maximum atomic E-state index is 2.48. The largest absolute Gasteiger partial charge is 0.305 e. The predicted molar refractivity (Wildman–Crippen MR) is 48.8 cm³/mol. The molecule has 1 rings (SSSR count). The number of hydrogen-bond donors (Lipinski definition) is 0. The molecule has 1 fully saturated rings. The standard InChI is InChI=1S/C9H20N2/c1-4-10(2)8-9-6-5-7-11(9)3/h9H,4-8H2,1-3H3/t9-/m0/s1. The van der Waals surface area contributed by atoms with Gasteiger partial charge in [-0.25, -0.2) is 0 Å². The van der Waals surface area contributed by atoms with E-state index >= 15 is 0 Å². The van der Waals surface area contributed by atoms with Gasteiger partial charge in [-0.05, 0) is 40.0 Å². The molecule has 0 aromatic heterocycles. The Morgan fingerprint density at radius 3 is 2.73 bits per heavy atom. The molecule has 66 valence electrons. The second-order valence-electron chi connectivity index (χ2n) is 3.63. The first-order valence-electron chi connectivity index (χ1n) is 4.62. The number of rotatable bonds is 3. The molecule has 0 N–H and O–H groups in total. The molecule has 1 heterocycles. The van der Waals surface area contributed by atoms with Gasteiger partial charge >= 0.3 is 0 Å². The molecule has 0 bridgehead atoms. The van der Waals surface area contributed by atoms with E-state index in [1.54, 1.807) is 0 Å². The summed E-state index contributed by atoms with van der Waals surface area (Å²) in [5.41, 5.74) is 0. The van der Waals surface area contributed by atoms with Gasteiger partial charge in [-0.2, -0.15) is 0 Å². The van der Waals surface area contributed by atoms with Gasteiger partial charge in [-0.3, -0.25) is 0 Å². The number of likely N-dealkylation sites (tertiary alicyclic amines) is 1. The minimum atomic E-state index is 0.819. The van der Waals surface area contributed by atoms with Gasteiger partial charge in [-0.1, -0.05) is 6.92 Å². The van der Waals surface area contributed by atoms with E-state index in [1.165, 1.54) is 32.5 Å². The zero-order valence-electron chi connectivity index (χ0n) is 8.01. The summed E-state index contributed by atoms with van der Waals surface area (Å²) in [5.74, 6) is 0. The Morgan fingerprint density at radius 1 is 1.55 bits per heavy atom. The Bertz CT molecular complexity index is 114. The van der Waals surface area contributed by atoms with Crippen LogP contribution in [0.25, 0.3) is 0 Å². The number of hydrogen-bond acceptors (Lipinski definition) is 2. The molecule has 0 saturated carbocycles. The lowest BCUT2D eigenvalue weighted by atomic mass is 10.2. The van der Waals surface area contributed by atoms with E-state index in [0.717, 1.165) is 6.04 Å². The third kappa shape index (κ3) is 2.46. The number of nitrogens with zero attached hydrogens (tertiary/aromatic N) is 2. The Balaban J connectivity index is 2.24. The van der Waals surface area contributed by atoms with E-state index in [4.69, 9.17) is 0 Å². The highest BCUT2D eigenvalue weighted by molar-refractivity contribution is 4.78. The predicted octanol–water partition coefficient (Wildman–Crippen LogP) is 1.03. The quantitative estimate of drug-likeness (QED) is 0.602. The molecule has 0 aromatic rings. The first-order valence-corrected chi connectivity index (χ1v) is 4.62. The van der Waals surface area contributed by atoms with E-state index in [-0.39, 0.29) is 0 Å². The molecule has 0 amide bonds. The summed E-state index contributed by atoms with van der Waals surface area (Å²) in [7, 11) is 4.44. The SMILES string of the molecule is CCN(C)C[C@@H]1CCCN1C. The molecule has 1 aliphatic rings. The smallest absolute Gasteiger partial charge is 0.0220 e. The molecule has 1 aliphatic heterocycles. The van der Waals surface area contributed by atoms with Crippen molar-refractivity contribution < 1.29 is 0 Å². The van der Waals surface area contributed by atoms with E-state index in [1.807, 2.05) is 0 Å². The Kier molecular flexibility index (Phi) is 3.34. The molecule has 0 spiro atoms. The van der Waals surface area contributed by atoms with Crippen molar-refractivity contribution in [2.45, 2.75) is 25.8 Å². The van der Waals surface area contributed by atoms with Crippen molar-refractivity contribution in [1.29, 1.82) is 0 Å². The first-order chi connectivity index (χ1) is 5.24. The Labute approximate surface area is 70.2 Å². The molecular weight excluding hydrogens is 136 g/mol. The van der Waals surface area contributed by atoms with Crippen LogP contribution in [0.5, 0.6) is 0 Å². The highest BCUT2D eigenvalue weighted by atomic mass is 15.2. The van der Waals surface area contributed by atoms with Crippen molar-refractivity contribution in [3.8, 4) is 0 Å². The molecule has 0 radical (unpaired) electrons. The van der Waals surface area contributed by atoms with Gasteiger partial charge in [-0.15, -0.1) is 0 Å². The second-order valence-corrected chi connectivity index (χ2v) is 3.63. The van der Waals surface area contributed by atoms with E-state index in [0.29, 0.717) is 0 Å². The summed E-state index contributed by atoms with van der Waals surface area (Å²) in [6, 6.07) is 0.819. The van der Waals surface area contributed by atoms with Crippen molar-refractivity contribution in [3.05, 3.63) is 0 Å². The van der Waals surface area contributed by atoms with Gasteiger partial charge in [0.15, 0.2) is 0 Å². The topological polar surface area (TPSA) is 6.48 Å². The molecule has 11 heavy (non-hydrogen) atoms. The summed E-state index contributed by atoms with van der Waals surface area (Å²) < 4.78 is 0. The summed E-state index contributed by atoms with van der Waals surface area (Å²) in [6.07, 6.45) is 2.78. The van der Waals surface area contributed by atoms with Crippen LogP contribution >= 0.6 is 0 Å².